The summed E-state index contributed by atoms with van der Waals surface area (Å²) >= 11 is 6.64. The minimum atomic E-state index is 0.427. The van der Waals surface area contributed by atoms with Crippen LogP contribution in [0, 0.1) is 0 Å². The van der Waals surface area contributed by atoms with Crippen LogP contribution >= 0.6 is 11.6 Å². The number of aromatic nitrogens is 3. The predicted octanol–water partition coefficient (Wildman–Crippen LogP) is 2.39. The normalized spacial score (nSPS) is 13.6. The van der Waals surface area contributed by atoms with E-state index in [0.29, 0.717) is 17.4 Å². The fourth-order valence-corrected chi connectivity index (χ4v) is 3.58. The number of halogens is 1. The van der Waals surface area contributed by atoms with Gasteiger partial charge in [-0.05, 0) is 18.1 Å². The third-order valence-electron chi connectivity index (χ3n) is 4.33. The van der Waals surface area contributed by atoms with Crippen LogP contribution < -0.4 is 10.6 Å². The third kappa shape index (κ3) is 1.91. The van der Waals surface area contributed by atoms with Gasteiger partial charge in [0.2, 0.25) is 6.41 Å². The van der Waals surface area contributed by atoms with Crippen LogP contribution in [0.4, 0.5) is 11.5 Å². The molecule has 1 amide bonds. The first kappa shape index (κ1) is 14.0. The van der Waals surface area contributed by atoms with Crippen molar-refractivity contribution in [1.82, 2.24) is 14.5 Å². The largest absolute Gasteiger partial charge is 0.383 e. The molecular formula is C16H14ClN5O. The zero-order valence-corrected chi connectivity index (χ0v) is 13.2. The summed E-state index contributed by atoms with van der Waals surface area (Å²) in [4.78, 5) is 21.2. The summed E-state index contributed by atoms with van der Waals surface area (Å²) in [6.45, 7) is 0.656. The van der Waals surface area contributed by atoms with Crippen molar-refractivity contribution in [3.05, 3.63) is 35.2 Å². The van der Waals surface area contributed by atoms with Crippen molar-refractivity contribution >= 4 is 40.5 Å². The summed E-state index contributed by atoms with van der Waals surface area (Å²) < 4.78 is 1.91. The van der Waals surface area contributed by atoms with Gasteiger partial charge in [0.05, 0.1) is 10.4 Å². The third-order valence-corrected chi connectivity index (χ3v) is 4.76. The van der Waals surface area contributed by atoms with Crippen LogP contribution in [0.15, 0.2) is 24.7 Å². The summed E-state index contributed by atoms with van der Waals surface area (Å²) in [6.07, 6.45) is 4.99. The maximum Gasteiger partial charge on any atom is 0.214 e. The number of fused-ring (bicyclic) bond motifs is 2. The molecule has 2 aromatic heterocycles. The summed E-state index contributed by atoms with van der Waals surface area (Å²) in [7, 11) is 1.91. The van der Waals surface area contributed by atoms with E-state index in [0.717, 1.165) is 46.2 Å². The van der Waals surface area contributed by atoms with E-state index in [9.17, 15) is 4.79 Å². The fourth-order valence-electron chi connectivity index (χ4n) is 3.23. The Hall–Kier alpha value is -2.60. The van der Waals surface area contributed by atoms with Crippen molar-refractivity contribution < 1.29 is 4.79 Å². The van der Waals surface area contributed by atoms with Crippen molar-refractivity contribution in [2.75, 3.05) is 17.2 Å². The molecule has 0 atom stereocenters. The lowest BCUT2D eigenvalue weighted by molar-refractivity contribution is -0.107. The Morgan fingerprint density at radius 3 is 2.91 bits per heavy atom. The molecule has 3 heterocycles. The molecule has 3 aromatic rings. The number of aryl methyl sites for hydroxylation is 1. The zero-order chi connectivity index (χ0) is 16.1. The van der Waals surface area contributed by atoms with Crippen LogP contribution in [-0.4, -0.2) is 27.5 Å². The Morgan fingerprint density at radius 1 is 1.30 bits per heavy atom. The number of benzene rings is 1. The lowest BCUT2D eigenvalue weighted by Gasteiger charge is -2.12. The lowest BCUT2D eigenvalue weighted by atomic mass is 10.0. The van der Waals surface area contributed by atoms with Crippen LogP contribution in [0.2, 0.25) is 5.02 Å². The molecule has 1 aliphatic heterocycles. The molecule has 0 saturated carbocycles. The lowest BCUT2D eigenvalue weighted by Crippen LogP contribution is -2.17. The summed E-state index contributed by atoms with van der Waals surface area (Å²) in [5, 5.41) is 1.45. The molecular weight excluding hydrogens is 314 g/mol. The van der Waals surface area contributed by atoms with E-state index in [2.05, 4.69) is 9.97 Å². The van der Waals surface area contributed by atoms with Crippen LogP contribution in [-0.2, 0) is 18.3 Å². The van der Waals surface area contributed by atoms with Crippen LogP contribution in [0.3, 0.4) is 0 Å². The van der Waals surface area contributed by atoms with E-state index in [-0.39, 0.29) is 0 Å². The number of hydrogen-bond donors (Lipinski definition) is 1. The Bertz CT molecular complexity index is 949. The number of rotatable bonds is 2. The highest BCUT2D eigenvalue weighted by Gasteiger charge is 2.24. The first-order valence-electron chi connectivity index (χ1n) is 7.21. The van der Waals surface area contributed by atoms with Crippen molar-refractivity contribution in [3.8, 4) is 11.1 Å². The van der Waals surface area contributed by atoms with Crippen molar-refractivity contribution in [3.63, 3.8) is 0 Å². The standard InChI is InChI=1S/C16H14ClN5O/c1-21-6-11(13-15(18)19-7-20-16(13)21)9-2-3-12-10(14(9)17)4-5-22(12)8-23/h2-3,6-8H,4-5H2,1H3,(H2,18,19,20). The predicted molar refractivity (Wildman–Crippen MR) is 90.5 cm³/mol. The topological polar surface area (TPSA) is 77.0 Å². The van der Waals surface area contributed by atoms with Crippen molar-refractivity contribution in [2.45, 2.75) is 6.42 Å². The van der Waals surface area contributed by atoms with Crippen molar-refractivity contribution in [1.29, 1.82) is 0 Å². The van der Waals surface area contributed by atoms with Gasteiger partial charge in [-0.15, -0.1) is 0 Å². The Labute approximate surface area is 137 Å². The Morgan fingerprint density at radius 2 is 2.13 bits per heavy atom. The maximum absolute atomic E-state index is 11.1. The molecule has 0 aliphatic carbocycles. The average molecular weight is 328 g/mol. The molecule has 2 N–H and O–H groups in total. The zero-order valence-electron chi connectivity index (χ0n) is 12.5. The number of anilines is 2. The Balaban J connectivity index is 1.98. The number of nitrogens with two attached hydrogens (primary N) is 1. The minimum Gasteiger partial charge on any atom is -0.383 e. The maximum atomic E-state index is 11.1. The molecule has 0 radical (unpaired) electrons. The molecule has 7 heteroatoms. The quantitative estimate of drug-likeness (QED) is 0.733. The van der Waals surface area contributed by atoms with E-state index in [1.54, 1.807) is 4.90 Å². The molecule has 1 aromatic carbocycles. The van der Waals surface area contributed by atoms with E-state index in [1.807, 2.05) is 29.9 Å². The molecule has 1 aliphatic rings. The number of carbonyl (C=O) groups is 1. The van der Waals surface area contributed by atoms with Gasteiger partial charge >= 0.3 is 0 Å². The van der Waals surface area contributed by atoms with Gasteiger partial charge in [-0.2, -0.15) is 0 Å². The highest BCUT2D eigenvalue weighted by atomic mass is 35.5. The van der Waals surface area contributed by atoms with E-state index < -0.39 is 0 Å². The number of carbonyl (C=O) groups excluding carboxylic acids is 1. The molecule has 6 nitrogen and oxygen atoms in total. The first-order valence-corrected chi connectivity index (χ1v) is 7.58. The molecule has 116 valence electrons. The second kappa shape index (κ2) is 4.96. The second-order valence-electron chi connectivity index (χ2n) is 5.58. The molecule has 0 spiro atoms. The summed E-state index contributed by atoms with van der Waals surface area (Å²) in [5.74, 6) is 0.427. The van der Waals surface area contributed by atoms with Gasteiger partial charge < -0.3 is 15.2 Å². The van der Waals surface area contributed by atoms with E-state index in [1.165, 1.54) is 6.33 Å². The molecule has 0 unspecified atom stereocenters. The monoisotopic (exact) mass is 327 g/mol. The molecule has 0 fully saturated rings. The number of nitrogens with zero attached hydrogens (tertiary/aromatic N) is 4. The number of hydrogen-bond acceptors (Lipinski definition) is 4. The second-order valence-corrected chi connectivity index (χ2v) is 5.96. The van der Waals surface area contributed by atoms with Crippen LogP contribution in [0.5, 0.6) is 0 Å². The molecule has 23 heavy (non-hydrogen) atoms. The minimum absolute atomic E-state index is 0.427. The summed E-state index contributed by atoms with van der Waals surface area (Å²) in [5.41, 5.74) is 10.5. The van der Waals surface area contributed by atoms with Gasteiger partial charge in [0.15, 0.2) is 0 Å². The van der Waals surface area contributed by atoms with Gasteiger partial charge in [-0.1, -0.05) is 17.7 Å². The van der Waals surface area contributed by atoms with Crippen molar-refractivity contribution in [2.24, 2.45) is 7.05 Å². The Kier molecular flexibility index (Phi) is 3.02. The SMILES string of the molecule is Cn1cc(-c2ccc3c(c2Cl)CCN3C=O)c2c(N)ncnc21. The smallest absolute Gasteiger partial charge is 0.214 e. The van der Waals surface area contributed by atoms with Crippen LogP contribution in [0.1, 0.15) is 5.56 Å². The fraction of sp³-hybridized carbons (Fsp3) is 0.188. The molecule has 4 rings (SSSR count). The average Bonchev–Trinajstić information content (AvgIpc) is 3.11. The number of amides is 1. The molecule has 0 bridgehead atoms. The number of nitrogen functional groups attached to an aromatic ring is 1. The van der Waals surface area contributed by atoms with Gasteiger partial charge in [0.1, 0.15) is 17.8 Å². The summed E-state index contributed by atoms with van der Waals surface area (Å²) in [6, 6.07) is 3.85. The van der Waals surface area contributed by atoms with Gasteiger partial charge in [0, 0.05) is 36.6 Å². The highest BCUT2D eigenvalue weighted by Crippen LogP contribution is 2.42. The van der Waals surface area contributed by atoms with E-state index >= 15 is 0 Å². The highest BCUT2D eigenvalue weighted by molar-refractivity contribution is 6.35. The van der Waals surface area contributed by atoms with Gasteiger partial charge in [-0.25, -0.2) is 9.97 Å². The van der Waals surface area contributed by atoms with Gasteiger partial charge in [0.25, 0.3) is 0 Å². The van der Waals surface area contributed by atoms with Gasteiger partial charge in [-0.3, -0.25) is 4.79 Å². The van der Waals surface area contributed by atoms with E-state index in [4.69, 9.17) is 17.3 Å². The first-order chi connectivity index (χ1) is 11.1. The molecule has 0 saturated heterocycles. The van der Waals surface area contributed by atoms with Crippen LogP contribution in [0.25, 0.3) is 22.2 Å².